The van der Waals surface area contributed by atoms with E-state index in [0.29, 0.717) is 17.6 Å². The van der Waals surface area contributed by atoms with Crippen LogP contribution in [0.15, 0.2) is 48.5 Å². The Labute approximate surface area is 171 Å². The van der Waals surface area contributed by atoms with Crippen molar-refractivity contribution in [1.29, 1.82) is 0 Å². The molecule has 0 saturated carbocycles. The Kier molecular flexibility index (Phi) is 5.05. The Balaban J connectivity index is 1.67. The van der Waals surface area contributed by atoms with Crippen molar-refractivity contribution in [1.82, 2.24) is 9.97 Å². The highest BCUT2D eigenvalue weighted by Crippen LogP contribution is 2.33. The molecule has 0 aliphatic carbocycles. The van der Waals surface area contributed by atoms with Gasteiger partial charge in [0.25, 0.3) is 5.91 Å². The number of nitrogens with zero attached hydrogens (tertiary/aromatic N) is 3. The molecule has 0 saturated heterocycles. The predicted molar refractivity (Wildman–Crippen MR) is 117 cm³/mol. The second kappa shape index (κ2) is 7.66. The first-order chi connectivity index (χ1) is 13.9. The van der Waals surface area contributed by atoms with Crippen molar-refractivity contribution in [3.05, 3.63) is 76.6 Å². The van der Waals surface area contributed by atoms with Gasteiger partial charge in [-0.3, -0.25) is 4.79 Å². The highest BCUT2D eigenvalue weighted by atomic mass is 16.1. The van der Waals surface area contributed by atoms with Crippen LogP contribution in [-0.2, 0) is 6.42 Å². The number of aromatic nitrogens is 2. The van der Waals surface area contributed by atoms with Gasteiger partial charge >= 0.3 is 0 Å². The maximum Gasteiger partial charge on any atom is 0.274 e. The van der Waals surface area contributed by atoms with Gasteiger partial charge in [0.05, 0.1) is 0 Å². The molecule has 0 fully saturated rings. The lowest BCUT2D eigenvalue weighted by Crippen LogP contribution is -2.21. The van der Waals surface area contributed by atoms with Crippen LogP contribution >= 0.6 is 0 Å². The molecule has 0 radical (unpaired) electrons. The van der Waals surface area contributed by atoms with Crippen LogP contribution in [0.1, 0.15) is 52.6 Å². The molecule has 0 spiro atoms. The van der Waals surface area contributed by atoms with Crippen LogP contribution in [0.2, 0.25) is 0 Å². The van der Waals surface area contributed by atoms with E-state index in [2.05, 4.69) is 52.2 Å². The zero-order valence-electron chi connectivity index (χ0n) is 17.4. The van der Waals surface area contributed by atoms with E-state index in [4.69, 9.17) is 0 Å². The molecule has 29 heavy (non-hydrogen) atoms. The molecule has 4 rings (SSSR count). The minimum absolute atomic E-state index is 0.208. The number of para-hydroxylation sites is 2. The zero-order valence-corrected chi connectivity index (χ0v) is 17.4. The molecule has 0 bridgehead atoms. The van der Waals surface area contributed by atoms with E-state index in [9.17, 15) is 4.79 Å². The summed E-state index contributed by atoms with van der Waals surface area (Å²) < 4.78 is 0. The van der Waals surface area contributed by atoms with E-state index in [1.54, 1.807) is 6.07 Å². The summed E-state index contributed by atoms with van der Waals surface area (Å²) in [5.41, 5.74) is 6.60. The van der Waals surface area contributed by atoms with Crippen molar-refractivity contribution < 1.29 is 4.79 Å². The molecule has 5 nitrogen and oxygen atoms in total. The first-order valence-corrected chi connectivity index (χ1v) is 10.1. The summed E-state index contributed by atoms with van der Waals surface area (Å²) in [6.07, 6.45) is 0.954. The standard InChI is InChI=1S/C24H26N4O/c1-15(2)19-10-7-8-16(3)22(19)27-23(29)20-14-17(4)25-24(26-20)28-13-12-18-9-5-6-11-21(18)28/h5-11,14-15H,12-13H2,1-4H3,(H,27,29). The van der Waals surface area contributed by atoms with Crippen molar-refractivity contribution >= 4 is 23.2 Å². The van der Waals surface area contributed by atoms with E-state index in [1.165, 1.54) is 5.56 Å². The fourth-order valence-electron chi connectivity index (χ4n) is 3.86. The van der Waals surface area contributed by atoms with Crippen LogP contribution in [0, 0.1) is 13.8 Å². The Morgan fingerprint density at radius 3 is 2.66 bits per heavy atom. The number of amides is 1. The predicted octanol–water partition coefficient (Wildman–Crippen LogP) is 5.16. The fraction of sp³-hybridized carbons (Fsp3) is 0.292. The number of aryl methyl sites for hydroxylation is 2. The highest BCUT2D eigenvalue weighted by molar-refractivity contribution is 6.04. The minimum atomic E-state index is -0.208. The van der Waals surface area contributed by atoms with Gasteiger partial charge < -0.3 is 10.2 Å². The van der Waals surface area contributed by atoms with Crippen molar-refractivity contribution in [2.45, 2.75) is 40.0 Å². The quantitative estimate of drug-likeness (QED) is 0.673. The third-order valence-corrected chi connectivity index (χ3v) is 5.37. The van der Waals surface area contributed by atoms with Gasteiger partial charge in [0.15, 0.2) is 0 Å². The van der Waals surface area contributed by atoms with Crippen LogP contribution in [0.25, 0.3) is 0 Å². The number of rotatable bonds is 4. The second-order valence-electron chi connectivity index (χ2n) is 7.87. The largest absolute Gasteiger partial charge is 0.320 e. The summed E-state index contributed by atoms with van der Waals surface area (Å²) >= 11 is 0. The lowest BCUT2D eigenvalue weighted by molar-refractivity contribution is 0.102. The molecule has 0 atom stereocenters. The Morgan fingerprint density at radius 1 is 1.07 bits per heavy atom. The van der Waals surface area contributed by atoms with Crippen molar-refractivity contribution in [2.75, 3.05) is 16.8 Å². The monoisotopic (exact) mass is 386 g/mol. The number of benzene rings is 2. The zero-order chi connectivity index (χ0) is 20.5. The van der Waals surface area contributed by atoms with Gasteiger partial charge in [-0.2, -0.15) is 0 Å². The third kappa shape index (κ3) is 3.73. The lowest BCUT2D eigenvalue weighted by Gasteiger charge is -2.19. The molecule has 1 aliphatic heterocycles. The average molecular weight is 386 g/mol. The summed E-state index contributed by atoms with van der Waals surface area (Å²) in [5, 5.41) is 3.09. The van der Waals surface area contributed by atoms with Gasteiger partial charge in [0.1, 0.15) is 5.69 Å². The van der Waals surface area contributed by atoms with Crippen LogP contribution in [0.5, 0.6) is 0 Å². The molecular weight excluding hydrogens is 360 g/mol. The second-order valence-corrected chi connectivity index (χ2v) is 7.87. The van der Waals surface area contributed by atoms with Crippen LogP contribution < -0.4 is 10.2 Å². The van der Waals surface area contributed by atoms with E-state index in [0.717, 1.165) is 41.2 Å². The normalized spacial score (nSPS) is 12.9. The molecule has 0 unspecified atom stereocenters. The smallest absolute Gasteiger partial charge is 0.274 e. The molecule has 3 aromatic rings. The number of hydrogen-bond acceptors (Lipinski definition) is 4. The van der Waals surface area contributed by atoms with E-state index < -0.39 is 0 Å². The lowest BCUT2D eigenvalue weighted by atomic mass is 9.98. The molecule has 1 amide bonds. The van der Waals surface area contributed by atoms with Crippen LogP contribution in [-0.4, -0.2) is 22.4 Å². The van der Waals surface area contributed by atoms with Crippen LogP contribution in [0.3, 0.4) is 0 Å². The topological polar surface area (TPSA) is 58.1 Å². The van der Waals surface area contributed by atoms with Gasteiger partial charge in [0, 0.05) is 23.6 Å². The summed E-state index contributed by atoms with van der Waals surface area (Å²) in [6.45, 7) is 8.99. The summed E-state index contributed by atoms with van der Waals surface area (Å²) in [7, 11) is 0. The van der Waals surface area contributed by atoms with Crippen molar-refractivity contribution in [3.8, 4) is 0 Å². The summed E-state index contributed by atoms with van der Waals surface area (Å²) in [4.78, 5) is 24.4. The molecule has 2 aromatic carbocycles. The average Bonchev–Trinajstić information content (AvgIpc) is 3.13. The van der Waals surface area contributed by atoms with Gasteiger partial charge in [-0.25, -0.2) is 9.97 Å². The summed E-state index contributed by atoms with van der Waals surface area (Å²) in [5.74, 6) is 0.684. The number of nitrogens with one attached hydrogen (secondary N) is 1. The van der Waals surface area contributed by atoms with E-state index >= 15 is 0 Å². The Hall–Kier alpha value is -3.21. The number of anilines is 3. The number of carbonyl (C=O) groups excluding carboxylic acids is 1. The first-order valence-electron chi connectivity index (χ1n) is 10.1. The summed E-state index contributed by atoms with van der Waals surface area (Å²) in [6, 6.07) is 16.1. The van der Waals surface area contributed by atoms with Crippen molar-refractivity contribution in [3.63, 3.8) is 0 Å². The first kappa shape index (κ1) is 19.1. The molecule has 2 heterocycles. The van der Waals surface area contributed by atoms with Gasteiger partial charge in [0.2, 0.25) is 5.95 Å². The third-order valence-electron chi connectivity index (χ3n) is 5.37. The maximum atomic E-state index is 13.1. The number of carbonyl (C=O) groups is 1. The maximum absolute atomic E-state index is 13.1. The number of fused-ring (bicyclic) bond motifs is 1. The Morgan fingerprint density at radius 2 is 1.86 bits per heavy atom. The van der Waals surface area contributed by atoms with Crippen LogP contribution in [0.4, 0.5) is 17.3 Å². The molecular formula is C24H26N4O. The minimum Gasteiger partial charge on any atom is -0.320 e. The van der Waals surface area contributed by atoms with Gasteiger partial charge in [-0.15, -0.1) is 0 Å². The van der Waals surface area contributed by atoms with Gasteiger partial charge in [-0.05, 0) is 55.0 Å². The fourth-order valence-corrected chi connectivity index (χ4v) is 3.86. The number of hydrogen-bond donors (Lipinski definition) is 1. The van der Waals surface area contributed by atoms with Gasteiger partial charge in [-0.1, -0.05) is 50.2 Å². The molecule has 5 heteroatoms. The Bertz CT molecular complexity index is 1070. The van der Waals surface area contributed by atoms with E-state index in [-0.39, 0.29) is 5.91 Å². The molecule has 148 valence electrons. The molecule has 1 aromatic heterocycles. The molecule has 1 N–H and O–H groups in total. The van der Waals surface area contributed by atoms with E-state index in [1.807, 2.05) is 38.1 Å². The SMILES string of the molecule is Cc1cc(C(=O)Nc2c(C)cccc2C(C)C)nc(N2CCc3ccccc32)n1. The van der Waals surface area contributed by atoms with Crippen molar-refractivity contribution in [2.24, 2.45) is 0 Å². The highest BCUT2D eigenvalue weighted by Gasteiger charge is 2.24. The molecule has 1 aliphatic rings.